The molecular weight excluding hydrogens is 212 g/mol. The van der Waals surface area contributed by atoms with Crippen molar-refractivity contribution < 1.29 is 9.90 Å². The van der Waals surface area contributed by atoms with Crippen LogP contribution in [0.2, 0.25) is 5.02 Å². The van der Waals surface area contributed by atoms with E-state index < -0.39 is 5.97 Å². The largest absolute Gasteiger partial charge is 0.476 e. The molecule has 0 amide bonds. The molecule has 0 saturated carbocycles. The number of hydrogen-bond donors (Lipinski definition) is 1. The zero-order chi connectivity index (χ0) is 9.42. The van der Waals surface area contributed by atoms with Gasteiger partial charge < -0.3 is 5.11 Å². The molecule has 0 aliphatic heterocycles. The first kappa shape index (κ1) is 8.40. The normalized spacial score (nSPS) is 10.5. The van der Waals surface area contributed by atoms with Crippen LogP contribution in [-0.2, 0) is 0 Å². The predicted octanol–water partition coefficient (Wildman–Crippen LogP) is 2.04. The number of carboxylic acid groups (broad SMARTS) is 1. The van der Waals surface area contributed by atoms with E-state index in [1.807, 2.05) is 0 Å². The summed E-state index contributed by atoms with van der Waals surface area (Å²) in [5.74, 6) is -1.06. The van der Waals surface area contributed by atoms with Crippen molar-refractivity contribution in [2.75, 3.05) is 0 Å². The number of carboxylic acids is 1. The maximum Gasteiger partial charge on any atom is 0.356 e. The third-order valence-electron chi connectivity index (χ3n) is 1.50. The van der Waals surface area contributed by atoms with E-state index in [1.54, 1.807) is 6.07 Å². The minimum atomic E-state index is -1.06. The molecule has 13 heavy (non-hydrogen) atoms. The van der Waals surface area contributed by atoms with E-state index in [1.165, 1.54) is 6.20 Å². The number of aromatic nitrogens is 2. The number of carbonyl (C=O) groups is 1. The van der Waals surface area contributed by atoms with Crippen molar-refractivity contribution >= 4 is 39.3 Å². The summed E-state index contributed by atoms with van der Waals surface area (Å²) < 4.78 is 3.76. The van der Waals surface area contributed by atoms with Crippen molar-refractivity contribution in [3.05, 3.63) is 23.0 Å². The van der Waals surface area contributed by atoms with Crippen molar-refractivity contribution in [2.45, 2.75) is 0 Å². The Kier molecular flexibility index (Phi) is 1.90. The second-order valence-electron chi connectivity index (χ2n) is 2.34. The maximum absolute atomic E-state index is 10.7. The fourth-order valence-corrected chi connectivity index (χ4v) is 1.83. The van der Waals surface area contributed by atoms with Crippen molar-refractivity contribution in [3.63, 3.8) is 0 Å². The first-order valence-corrected chi connectivity index (χ1v) is 4.48. The monoisotopic (exact) mass is 214 g/mol. The van der Waals surface area contributed by atoms with Crippen molar-refractivity contribution in [1.29, 1.82) is 0 Å². The lowest BCUT2D eigenvalue weighted by molar-refractivity contribution is 0.0694. The van der Waals surface area contributed by atoms with E-state index in [0.29, 0.717) is 15.2 Å². The Hall–Kier alpha value is -1.20. The standard InChI is InChI=1S/C7H3ClN2O2S/c8-3-1-4-5(7(11)12)10-13-6(4)9-2-3/h1-2H,(H,11,12). The molecule has 4 nitrogen and oxygen atoms in total. The van der Waals surface area contributed by atoms with Gasteiger partial charge in [0.1, 0.15) is 4.83 Å². The maximum atomic E-state index is 10.7. The first-order valence-electron chi connectivity index (χ1n) is 3.32. The van der Waals surface area contributed by atoms with Gasteiger partial charge in [0.05, 0.1) is 5.02 Å². The minimum absolute atomic E-state index is 0.00926. The van der Waals surface area contributed by atoms with Crippen molar-refractivity contribution in [1.82, 2.24) is 9.36 Å². The Morgan fingerprint density at radius 3 is 3.08 bits per heavy atom. The Morgan fingerprint density at radius 2 is 2.38 bits per heavy atom. The topological polar surface area (TPSA) is 63.1 Å². The summed E-state index contributed by atoms with van der Waals surface area (Å²) in [6.45, 7) is 0. The number of hydrogen-bond acceptors (Lipinski definition) is 4. The third kappa shape index (κ3) is 1.36. The zero-order valence-electron chi connectivity index (χ0n) is 6.19. The van der Waals surface area contributed by atoms with Gasteiger partial charge in [0.15, 0.2) is 5.69 Å². The van der Waals surface area contributed by atoms with Crippen LogP contribution in [0.15, 0.2) is 12.3 Å². The Labute approximate surface area is 82.0 Å². The van der Waals surface area contributed by atoms with Gasteiger partial charge in [-0.1, -0.05) is 11.6 Å². The molecule has 0 aliphatic carbocycles. The lowest BCUT2D eigenvalue weighted by atomic mass is 10.3. The molecule has 0 atom stereocenters. The van der Waals surface area contributed by atoms with Gasteiger partial charge in [0.25, 0.3) is 0 Å². The quantitative estimate of drug-likeness (QED) is 0.789. The van der Waals surface area contributed by atoms with E-state index >= 15 is 0 Å². The summed E-state index contributed by atoms with van der Waals surface area (Å²) in [5.41, 5.74) is 0.00926. The van der Waals surface area contributed by atoms with Crippen LogP contribution < -0.4 is 0 Å². The van der Waals surface area contributed by atoms with Crippen molar-refractivity contribution in [2.24, 2.45) is 0 Å². The van der Waals surface area contributed by atoms with Gasteiger partial charge in [0.2, 0.25) is 0 Å². The second kappa shape index (κ2) is 2.93. The predicted molar refractivity (Wildman–Crippen MR) is 49.4 cm³/mol. The van der Waals surface area contributed by atoms with Crippen LogP contribution in [0.4, 0.5) is 0 Å². The molecule has 0 fully saturated rings. The fraction of sp³-hybridized carbons (Fsp3) is 0. The van der Waals surface area contributed by atoms with Crippen LogP contribution in [0.25, 0.3) is 10.2 Å². The molecule has 0 radical (unpaired) electrons. The van der Waals surface area contributed by atoms with Gasteiger partial charge in [-0.2, -0.15) is 4.37 Å². The molecule has 2 heterocycles. The van der Waals surface area contributed by atoms with Crippen LogP contribution in [0.5, 0.6) is 0 Å². The highest BCUT2D eigenvalue weighted by Gasteiger charge is 2.13. The number of nitrogens with zero attached hydrogens (tertiary/aromatic N) is 2. The van der Waals surface area contributed by atoms with E-state index in [9.17, 15) is 4.79 Å². The van der Waals surface area contributed by atoms with Gasteiger partial charge >= 0.3 is 5.97 Å². The number of pyridine rings is 1. The number of rotatable bonds is 1. The molecule has 1 N–H and O–H groups in total. The third-order valence-corrected chi connectivity index (χ3v) is 2.48. The molecular formula is C7H3ClN2O2S. The van der Waals surface area contributed by atoms with E-state index in [-0.39, 0.29) is 5.69 Å². The highest BCUT2D eigenvalue weighted by Crippen LogP contribution is 2.23. The summed E-state index contributed by atoms with van der Waals surface area (Å²) in [4.78, 5) is 15.2. The number of halogens is 1. The summed E-state index contributed by atoms with van der Waals surface area (Å²) in [7, 11) is 0. The van der Waals surface area contributed by atoms with Gasteiger partial charge in [-0.25, -0.2) is 9.78 Å². The second-order valence-corrected chi connectivity index (χ2v) is 3.53. The molecule has 0 aliphatic rings. The van der Waals surface area contributed by atoms with Crippen LogP contribution in [0.3, 0.4) is 0 Å². The summed E-state index contributed by atoms with van der Waals surface area (Å²) in [6, 6.07) is 1.55. The Morgan fingerprint density at radius 1 is 1.62 bits per heavy atom. The molecule has 2 aromatic heterocycles. The first-order chi connectivity index (χ1) is 6.18. The van der Waals surface area contributed by atoms with E-state index in [0.717, 1.165) is 11.5 Å². The minimum Gasteiger partial charge on any atom is -0.476 e. The molecule has 0 unspecified atom stereocenters. The van der Waals surface area contributed by atoms with Gasteiger partial charge in [0, 0.05) is 11.6 Å². The smallest absolute Gasteiger partial charge is 0.356 e. The summed E-state index contributed by atoms with van der Waals surface area (Å²) in [5, 5.41) is 9.64. The molecule has 2 rings (SSSR count). The van der Waals surface area contributed by atoms with Crippen molar-refractivity contribution in [3.8, 4) is 0 Å². The SMILES string of the molecule is O=C(O)c1nsc2ncc(Cl)cc12. The highest BCUT2D eigenvalue weighted by molar-refractivity contribution is 7.13. The van der Waals surface area contributed by atoms with Gasteiger partial charge in [-0.05, 0) is 17.6 Å². The number of aromatic carboxylic acids is 1. The average Bonchev–Trinajstić information content (AvgIpc) is 2.46. The van der Waals surface area contributed by atoms with E-state index in [2.05, 4.69) is 9.36 Å². The van der Waals surface area contributed by atoms with Gasteiger partial charge in [-0.3, -0.25) is 0 Å². The Balaban J connectivity index is 2.79. The molecule has 0 aromatic carbocycles. The average molecular weight is 215 g/mol. The van der Waals surface area contributed by atoms with Crippen LogP contribution in [0.1, 0.15) is 10.5 Å². The molecule has 6 heteroatoms. The zero-order valence-corrected chi connectivity index (χ0v) is 7.76. The molecule has 0 saturated heterocycles. The van der Waals surface area contributed by atoms with E-state index in [4.69, 9.17) is 16.7 Å². The molecule has 0 spiro atoms. The summed E-state index contributed by atoms with van der Waals surface area (Å²) >= 11 is 6.72. The van der Waals surface area contributed by atoms with Crippen LogP contribution in [-0.4, -0.2) is 20.4 Å². The Bertz CT molecular complexity index is 482. The van der Waals surface area contributed by atoms with Crippen LogP contribution in [0, 0.1) is 0 Å². The highest BCUT2D eigenvalue weighted by atomic mass is 35.5. The fourth-order valence-electron chi connectivity index (χ4n) is 0.961. The molecule has 66 valence electrons. The number of fused-ring (bicyclic) bond motifs is 1. The molecule has 2 aromatic rings. The lowest BCUT2D eigenvalue weighted by Gasteiger charge is -1.90. The molecule has 0 bridgehead atoms. The summed E-state index contributed by atoms with van der Waals surface area (Å²) in [6.07, 6.45) is 1.47. The van der Waals surface area contributed by atoms with Gasteiger partial charge in [-0.15, -0.1) is 0 Å². The lowest BCUT2D eigenvalue weighted by Crippen LogP contribution is -1.96. The van der Waals surface area contributed by atoms with Crippen LogP contribution >= 0.6 is 23.1 Å².